The summed E-state index contributed by atoms with van der Waals surface area (Å²) in [5.74, 6) is 7.70. The molecule has 10 rings (SSSR count). The highest BCUT2D eigenvalue weighted by Crippen LogP contribution is 2.40. The Hall–Kier alpha value is -8.75. The number of nitrogens with zero attached hydrogens (tertiary/aromatic N) is 5. The Balaban J connectivity index is 0.000000198. The molecule has 19 heteroatoms. The van der Waals surface area contributed by atoms with E-state index in [1.807, 2.05) is 115 Å². The van der Waals surface area contributed by atoms with Gasteiger partial charge in [-0.05, 0) is 161 Å². The Morgan fingerprint density at radius 3 is 1.38 bits per heavy atom. The van der Waals surface area contributed by atoms with E-state index in [4.69, 9.17) is 54.6 Å². The van der Waals surface area contributed by atoms with E-state index < -0.39 is 0 Å². The molecule has 0 saturated carbocycles. The van der Waals surface area contributed by atoms with Crippen LogP contribution in [0.25, 0.3) is 21.8 Å². The van der Waals surface area contributed by atoms with E-state index in [1.54, 1.807) is 46.9 Å². The molecule has 0 atom stereocenters. The SMILES string of the molecule is COc1cc2c(Nc3ccc(Oc4ccccc4OC)cc3)c(C#N)cnc2cc1OCCCCl.COc1cc2c(Nc3ccc(Oc4ccccc4OC)cc3)c(C#N)cnc2cc1OCCCN1CCC(CO)CC1.OCC1CCNCC1. The van der Waals surface area contributed by atoms with Gasteiger partial charge in [0, 0.05) is 72.3 Å². The molecule has 0 amide bonds. The molecule has 18 nitrogen and oxygen atoms in total. The van der Waals surface area contributed by atoms with Crippen LogP contribution in [0.4, 0.5) is 22.7 Å². The first-order chi connectivity index (χ1) is 41.7. The number of nitrogens with one attached hydrogen (secondary N) is 3. The van der Waals surface area contributed by atoms with Crippen LogP contribution in [0.5, 0.6) is 57.5 Å². The molecule has 0 radical (unpaired) electrons. The van der Waals surface area contributed by atoms with Crippen LogP contribution in [0.15, 0.2) is 134 Å². The monoisotopic (exact) mass is 1170 g/mol. The maximum atomic E-state index is 9.84. The van der Waals surface area contributed by atoms with Crippen molar-refractivity contribution >= 4 is 56.2 Å². The predicted octanol–water partition coefficient (Wildman–Crippen LogP) is 12.8. The number of hydrogen-bond donors (Lipinski definition) is 5. The number of benzene rings is 6. The summed E-state index contributed by atoms with van der Waals surface area (Å²) in [5.41, 5.74) is 5.01. The number of nitriles is 2. The number of hydrogen-bond acceptors (Lipinski definition) is 18. The molecule has 2 aromatic heterocycles. The normalized spacial score (nSPS) is 13.4. The molecule has 2 aliphatic rings. The van der Waals surface area contributed by atoms with Crippen molar-refractivity contribution in [2.24, 2.45) is 11.8 Å². The second-order valence-electron chi connectivity index (χ2n) is 20.1. The fourth-order valence-electron chi connectivity index (χ4n) is 9.71. The molecule has 2 aliphatic heterocycles. The van der Waals surface area contributed by atoms with E-state index in [2.05, 4.69) is 43.0 Å². The zero-order valence-electron chi connectivity index (χ0n) is 48.4. The standard InChI is InChI=1S/C33H36N4O5.C27H24ClN3O4.C6H13NO/c1-39-29-6-3-4-7-30(29)42-26-10-8-25(9-11-26)36-33-24(20-34)21-35-28-19-32(31(40-2)18-27(28)33)41-17-5-14-37-15-12-23(22-38)13-16-37;1-32-23-6-3-4-7-24(23)35-20-10-8-19(9-11-20)31-27-18(16-29)17-30-22-15-26(34-13-5-12-28)25(33-2)14-21(22)27;8-5-6-1-3-7-4-2-6/h3-4,6-11,18-19,21,23,38H,5,12-17,22H2,1-2H3,(H,35,36);3-4,6-11,14-15,17H,5,12-13H2,1-2H3,(H,30,31);6-8H,1-5H2. The zero-order chi connectivity index (χ0) is 59.8. The number of para-hydroxylation sites is 4. The smallest absolute Gasteiger partial charge is 0.169 e. The number of piperidine rings is 2. The minimum atomic E-state index is 0.284. The highest BCUT2D eigenvalue weighted by atomic mass is 35.5. The first kappa shape index (κ1) is 62.3. The molecule has 0 unspecified atom stereocenters. The van der Waals surface area contributed by atoms with Gasteiger partial charge >= 0.3 is 0 Å². The van der Waals surface area contributed by atoms with E-state index in [1.165, 1.54) is 0 Å². The van der Waals surface area contributed by atoms with Gasteiger partial charge in [0.15, 0.2) is 46.0 Å². The van der Waals surface area contributed by atoms with Crippen LogP contribution in [0.3, 0.4) is 0 Å². The number of methoxy groups -OCH3 is 4. The maximum Gasteiger partial charge on any atom is 0.169 e. The lowest BCUT2D eigenvalue weighted by Crippen LogP contribution is -2.35. The van der Waals surface area contributed by atoms with Crippen LogP contribution in [-0.2, 0) is 0 Å². The lowest BCUT2D eigenvalue weighted by molar-refractivity contribution is 0.126. The molecule has 8 aromatic rings. The van der Waals surface area contributed by atoms with Gasteiger partial charge in [-0.15, -0.1) is 11.6 Å². The molecule has 4 heterocycles. The number of alkyl halides is 1. The number of rotatable bonds is 23. The molecular formula is C66H73ClN8O10. The third kappa shape index (κ3) is 17.2. The number of aromatic nitrogens is 2. The molecule has 85 heavy (non-hydrogen) atoms. The minimum Gasteiger partial charge on any atom is -0.493 e. The van der Waals surface area contributed by atoms with E-state index in [-0.39, 0.29) is 6.61 Å². The molecule has 444 valence electrons. The zero-order valence-corrected chi connectivity index (χ0v) is 49.2. The van der Waals surface area contributed by atoms with Crippen molar-refractivity contribution < 1.29 is 48.1 Å². The van der Waals surface area contributed by atoms with Crippen molar-refractivity contribution in [3.05, 3.63) is 145 Å². The lowest BCUT2D eigenvalue weighted by atomic mass is 9.98. The number of halogens is 1. The molecule has 0 bridgehead atoms. The molecule has 0 spiro atoms. The van der Waals surface area contributed by atoms with E-state index in [0.717, 1.165) is 87.0 Å². The van der Waals surface area contributed by atoms with Crippen molar-refractivity contribution in [3.63, 3.8) is 0 Å². The number of aliphatic hydroxyl groups excluding tert-OH is 2. The first-order valence-electron chi connectivity index (χ1n) is 28.4. The van der Waals surface area contributed by atoms with Gasteiger partial charge in [0.2, 0.25) is 0 Å². The summed E-state index contributed by atoms with van der Waals surface area (Å²) in [5, 5.41) is 49.0. The quantitative estimate of drug-likeness (QED) is 0.0296. The molecule has 2 saturated heterocycles. The van der Waals surface area contributed by atoms with Crippen molar-refractivity contribution in [2.75, 3.05) is 104 Å². The number of anilines is 4. The summed E-state index contributed by atoms with van der Waals surface area (Å²) in [6.45, 7) is 6.84. The van der Waals surface area contributed by atoms with Crippen LogP contribution in [0.2, 0.25) is 0 Å². The topological polar surface area (TPSA) is 227 Å². The fourth-order valence-corrected chi connectivity index (χ4v) is 9.82. The van der Waals surface area contributed by atoms with Crippen molar-refractivity contribution in [2.45, 2.75) is 38.5 Å². The highest BCUT2D eigenvalue weighted by Gasteiger charge is 2.20. The van der Waals surface area contributed by atoms with Crippen LogP contribution >= 0.6 is 11.6 Å². The fraction of sp³-hybridized carbons (Fsp3) is 0.333. The second-order valence-corrected chi connectivity index (χ2v) is 20.5. The van der Waals surface area contributed by atoms with Crippen molar-refractivity contribution in [1.29, 1.82) is 10.5 Å². The number of likely N-dealkylation sites (tertiary alicyclic amines) is 1. The van der Waals surface area contributed by atoms with Gasteiger partial charge in [0.1, 0.15) is 23.6 Å². The molecule has 0 aliphatic carbocycles. The van der Waals surface area contributed by atoms with Crippen LogP contribution < -0.4 is 53.8 Å². The van der Waals surface area contributed by atoms with E-state index in [0.29, 0.717) is 135 Å². The summed E-state index contributed by atoms with van der Waals surface area (Å²) in [4.78, 5) is 11.4. The van der Waals surface area contributed by atoms with Gasteiger partial charge < -0.3 is 69.0 Å². The first-order valence-corrected chi connectivity index (χ1v) is 28.9. The van der Waals surface area contributed by atoms with Crippen LogP contribution in [0, 0.1) is 34.5 Å². The molecule has 2 fully saturated rings. The third-order valence-electron chi connectivity index (χ3n) is 14.5. The second kappa shape index (κ2) is 32.3. The third-order valence-corrected chi connectivity index (χ3v) is 14.8. The van der Waals surface area contributed by atoms with Crippen molar-refractivity contribution in [1.82, 2.24) is 20.2 Å². The average Bonchev–Trinajstić information content (AvgIpc) is 3.68. The summed E-state index contributed by atoms with van der Waals surface area (Å²) in [6, 6.07) is 41.6. The summed E-state index contributed by atoms with van der Waals surface area (Å²) >= 11 is 5.76. The van der Waals surface area contributed by atoms with Gasteiger partial charge in [0.05, 0.1) is 75.2 Å². The van der Waals surface area contributed by atoms with Gasteiger partial charge in [-0.1, -0.05) is 24.3 Å². The molecule has 6 aromatic carbocycles. The summed E-state index contributed by atoms with van der Waals surface area (Å²) in [6.07, 6.45) is 9.09. The van der Waals surface area contributed by atoms with Crippen LogP contribution in [0.1, 0.15) is 49.7 Å². The number of fused-ring (bicyclic) bond motifs is 2. The Morgan fingerprint density at radius 2 is 0.976 bits per heavy atom. The Morgan fingerprint density at radius 1 is 0.553 bits per heavy atom. The van der Waals surface area contributed by atoms with Gasteiger partial charge in [-0.3, -0.25) is 9.97 Å². The van der Waals surface area contributed by atoms with E-state index >= 15 is 0 Å². The Bertz CT molecular complexity index is 3490. The Labute approximate surface area is 501 Å². The largest absolute Gasteiger partial charge is 0.493 e. The minimum absolute atomic E-state index is 0.284. The molecular weight excluding hydrogens is 1100 g/mol. The van der Waals surface area contributed by atoms with Gasteiger partial charge in [-0.2, -0.15) is 10.5 Å². The number of pyridine rings is 2. The van der Waals surface area contributed by atoms with Crippen molar-refractivity contribution in [3.8, 4) is 69.6 Å². The van der Waals surface area contributed by atoms with Gasteiger partial charge in [0.25, 0.3) is 0 Å². The summed E-state index contributed by atoms with van der Waals surface area (Å²) < 4.78 is 45.8. The van der Waals surface area contributed by atoms with E-state index in [9.17, 15) is 15.6 Å². The predicted molar refractivity (Wildman–Crippen MR) is 331 cm³/mol. The number of aliphatic hydroxyl groups is 2. The average molecular weight is 1170 g/mol. The Kier molecular flexibility index (Phi) is 23.7. The summed E-state index contributed by atoms with van der Waals surface area (Å²) in [7, 11) is 6.39. The number of ether oxygens (including phenoxy) is 8. The van der Waals surface area contributed by atoms with Crippen LogP contribution in [-0.4, -0.2) is 119 Å². The van der Waals surface area contributed by atoms with Gasteiger partial charge in [-0.25, -0.2) is 0 Å². The molecule has 5 N–H and O–H groups in total. The maximum absolute atomic E-state index is 9.84. The highest BCUT2D eigenvalue weighted by molar-refractivity contribution is 6.17. The lowest BCUT2D eigenvalue weighted by Gasteiger charge is -2.30.